The van der Waals surface area contributed by atoms with E-state index in [1.54, 1.807) is 18.2 Å². The van der Waals surface area contributed by atoms with E-state index in [-0.39, 0.29) is 18.6 Å². The first-order valence-corrected chi connectivity index (χ1v) is 7.04. The molecule has 20 heavy (non-hydrogen) atoms. The van der Waals surface area contributed by atoms with Gasteiger partial charge in [-0.3, -0.25) is 4.79 Å². The van der Waals surface area contributed by atoms with Gasteiger partial charge in [0.05, 0.1) is 11.4 Å². The Labute approximate surface area is 120 Å². The highest BCUT2D eigenvalue weighted by molar-refractivity contribution is 5.96. The smallest absolute Gasteiger partial charge is 0.251 e. The second-order valence-corrected chi connectivity index (χ2v) is 5.17. The monoisotopic (exact) mass is 279 g/mol. The van der Waals surface area contributed by atoms with Crippen molar-refractivity contribution in [3.63, 3.8) is 0 Å². The predicted molar refractivity (Wildman–Crippen MR) is 82.8 cm³/mol. The summed E-state index contributed by atoms with van der Waals surface area (Å²) in [6.07, 6.45) is 0.641. The lowest BCUT2D eigenvalue weighted by atomic mass is 10.0. The van der Waals surface area contributed by atoms with Crippen molar-refractivity contribution >= 4 is 17.3 Å². The molecule has 0 aliphatic heterocycles. The molecule has 0 aliphatic carbocycles. The van der Waals surface area contributed by atoms with Gasteiger partial charge in [0.25, 0.3) is 5.91 Å². The van der Waals surface area contributed by atoms with E-state index in [2.05, 4.69) is 24.5 Å². The van der Waals surface area contributed by atoms with Gasteiger partial charge in [-0.05, 0) is 37.5 Å². The topological polar surface area (TPSA) is 87.4 Å². The summed E-state index contributed by atoms with van der Waals surface area (Å²) in [7, 11) is 0. The molecule has 5 N–H and O–H groups in total. The van der Waals surface area contributed by atoms with Crippen molar-refractivity contribution < 1.29 is 9.90 Å². The van der Waals surface area contributed by atoms with Crippen molar-refractivity contribution in [3.05, 3.63) is 23.8 Å². The van der Waals surface area contributed by atoms with Gasteiger partial charge in [-0.2, -0.15) is 0 Å². The van der Waals surface area contributed by atoms with Crippen LogP contribution < -0.4 is 16.4 Å². The fourth-order valence-corrected chi connectivity index (χ4v) is 2.00. The van der Waals surface area contributed by atoms with E-state index >= 15 is 0 Å². The Balaban J connectivity index is 2.93. The van der Waals surface area contributed by atoms with Gasteiger partial charge in [0.2, 0.25) is 0 Å². The summed E-state index contributed by atoms with van der Waals surface area (Å²) >= 11 is 0. The van der Waals surface area contributed by atoms with E-state index in [0.717, 1.165) is 5.69 Å². The Morgan fingerprint density at radius 3 is 2.65 bits per heavy atom. The van der Waals surface area contributed by atoms with Crippen LogP contribution in [0.1, 0.15) is 37.6 Å². The number of benzene rings is 1. The third-order valence-electron chi connectivity index (χ3n) is 3.24. The molecule has 0 aliphatic rings. The molecule has 1 rings (SSSR count). The van der Waals surface area contributed by atoms with Crippen LogP contribution in [0.4, 0.5) is 11.4 Å². The summed E-state index contributed by atoms with van der Waals surface area (Å²) < 4.78 is 0. The number of nitrogen functional groups attached to an aromatic ring is 1. The summed E-state index contributed by atoms with van der Waals surface area (Å²) in [5, 5.41) is 15.2. The number of nitrogens with two attached hydrogens (primary N) is 1. The second kappa shape index (κ2) is 7.75. The Bertz CT molecular complexity index is 447. The second-order valence-electron chi connectivity index (χ2n) is 5.17. The number of carbonyl (C=O) groups is 1. The minimum absolute atomic E-state index is 0.112. The number of hydrogen-bond acceptors (Lipinski definition) is 4. The first-order valence-electron chi connectivity index (χ1n) is 7.04. The molecule has 5 nitrogen and oxygen atoms in total. The molecule has 112 valence electrons. The molecule has 1 unspecified atom stereocenters. The van der Waals surface area contributed by atoms with Gasteiger partial charge in [-0.25, -0.2) is 0 Å². The number of carbonyl (C=O) groups excluding carboxylic acids is 1. The van der Waals surface area contributed by atoms with Crippen LogP contribution in [0.15, 0.2) is 18.2 Å². The van der Waals surface area contributed by atoms with E-state index in [1.165, 1.54) is 0 Å². The molecule has 0 heterocycles. The zero-order valence-electron chi connectivity index (χ0n) is 12.4. The van der Waals surface area contributed by atoms with Gasteiger partial charge in [-0.1, -0.05) is 13.8 Å². The fourth-order valence-electron chi connectivity index (χ4n) is 2.00. The lowest BCUT2D eigenvalue weighted by molar-refractivity contribution is 0.0956. The Morgan fingerprint density at radius 1 is 1.40 bits per heavy atom. The van der Waals surface area contributed by atoms with Gasteiger partial charge < -0.3 is 21.5 Å². The van der Waals surface area contributed by atoms with Crippen molar-refractivity contribution in [1.29, 1.82) is 0 Å². The molecule has 0 saturated heterocycles. The fraction of sp³-hybridized carbons (Fsp3) is 0.533. The molecule has 1 aromatic carbocycles. The molecule has 0 bridgehead atoms. The predicted octanol–water partition coefficient (Wildman–Crippen LogP) is 1.84. The SMILES string of the molecule is CCNC(=O)c1ccc(N)c(NC(CCO)C(C)C)c1. The molecule has 1 amide bonds. The quantitative estimate of drug-likeness (QED) is 0.574. The maximum atomic E-state index is 11.8. The normalized spacial score (nSPS) is 12.2. The average Bonchev–Trinajstić information content (AvgIpc) is 2.40. The maximum Gasteiger partial charge on any atom is 0.251 e. The third kappa shape index (κ3) is 4.42. The summed E-state index contributed by atoms with van der Waals surface area (Å²) in [6.45, 7) is 6.75. The van der Waals surface area contributed by atoms with Crippen LogP contribution in [0.5, 0.6) is 0 Å². The molecule has 0 spiro atoms. The van der Waals surface area contributed by atoms with E-state index in [4.69, 9.17) is 10.8 Å². The average molecular weight is 279 g/mol. The number of anilines is 2. The minimum atomic E-state index is -0.112. The molecule has 0 aromatic heterocycles. The molecular weight excluding hydrogens is 254 g/mol. The molecule has 1 atom stereocenters. The molecule has 1 aromatic rings. The van der Waals surface area contributed by atoms with Gasteiger partial charge in [0.1, 0.15) is 0 Å². The van der Waals surface area contributed by atoms with E-state index in [9.17, 15) is 4.79 Å². The summed E-state index contributed by atoms with van der Waals surface area (Å²) in [5.74, 6) is 0.244. The van der Waals surface area contributed by atoms with E-state index in [1.807, 2.05) is 6.92 Å². The third-order valence-corrected chi connectivity index (χ3v) is 3.24. The summed E-state index contributed by atoms with van der Waals surface area (Å²) in [6, 6.07) is 5.31. The van der Waals surface area contributed by atoms with Crippen LogP contribution in [-0.2, 0) is 0 Å². The molecule has 0 fully saturated rings. The van der Waals surface area contributed by atoms with Crippen LogP contribution in [0.2, 0.25) is 0 Å². The highest BCUT2D eigenvalue weighted by atomic mass is 16.3. The lowest BCUT2D eigenvalue weighted by Crippen LogP contribution is -2.28. The van der Waals surface area contributed by atoms with Gasteiger partial charge in [-0.15, -0.1) is 0 Å². The first kappa shape index (κ1) is 16.3. The summed E-state index contributed by atoms with van der Waals surface area (Å²) in [5.41, 5.74) is 7.87. The largest absolute Gasteiger partial charge is 0.397 e. The number of rotatable bonds is 7. The Hall–Kier alpha value is -1.75. The van der Waals surface area contributed by atoms with Crippen molar-refractivity contribution in [3.8, 4) is 0 Å². The van der Waals surface area contributed by atoms with Crippen LogP contribution in [-0.4, -0.2) is 30.2 Å². The number of amides is 1. The number of nitrogens with one attached hydrogen (secondary N) is 2. The van der Waals surface area contributed by atoms with Gasteiger partial charge >= 0.3 is 0 Å². The minimum Gasteiger partial charge on any atom is -0.397 e. The van der Waals surface area contributed by atoms with Crippen molar-refractivity contribution in [2.24, 2.45) is 5.92 Å². The van der Waals surface area contributed by atoms with Gasteiger partial charge in [0, 0.05) is 24.8 Å². The lowest BCUT2D eigenvalue weighted by Gasteiger charge is -2.24. The van der Waals surface area contributed by atoms with Gasteiger partial charge in [0.15, 0.2) is 0 Å². The first-order chi connectivity index (χ1) is 9.49. The highest BCUT2D eigenvalue weighted by Gasteiger charge is 2.15. The summed E-state index contributed by atoms with van der Waals surface area (Å²) in [4.78, 5) is 11.8. The van der Waals surface area contributed by atoms with Crippen LogP contribution in [0.3, 0.4) is 0 Å². The van der Waals surface area contributed by atoms with Crippen molar-refractivity contribution in [2.75, 3.05) is 24.2 Å². The Morgan fingerprint density at radius 2 is 2.10 bits per heavy atom. The van der Waals surface area contributed by atoms with E-state index in [0.29, 0.717) is 30.1 Å². The zero-order valence-corrected chi connectivity index (χ0v) is 12.4. The molecular formula is C15H25N3O2. The number of aliphatic hydroxyl groups excluding tert-OH is 1. The van der Waals surface area contributed by atoms with Crippen LogP contribution in [0, 0.1) is 5.92 Å². The number of hydrogen-bond donors (Lipinski definition) is 4. The highest BCUT2D eigenvalue weighted by Crippen LogP contribution is 2.23. The Kier molecular flexibility index (Phi) is 6.31. The van der Waals surface area contributed by atoms with E-state index < -0.39 is 0 Å². The van der Waals surface area contributed by atoms with Crippen LogP contribution >= 0.6 is 0 Å². The maximum absolute atomic E-state index is 11.8. The number of aliphatic hydroxyl groups is 1. The molecule has 0 radical (unpaired) electrons. The van der Waals surface area contributed by atoms with Crippen molar-refractivity contribution in [1.82, 2.24) is 5.32 Å². The molecule has 5 heteroatoms. The zero-order chi connectivity index (χ0) is 15.1. The van der Waals surface area contributed by atoms with Crippen LogP contribution in [0.25, 0.3) is 0 Å². The standard InChI is InChI=1S/C15H25N3O2/c1-4-17-15(20)11-5-6-12(16)14(9-11)18-13(7-8-19)10(2)3/h5-6,9-10,13,18-19H,4,7-8,16H2,1-3H3,(H,17,20). The molecule has 0 saturated carbocycles. The van der Waals surface area contributed by atoms with Crippen molar-refractivity contribution in [2.45, 2.75) is 33.2 Å².